The standard InChI is InChI=1S/C21H18N4/c1-2-6-20(7-3-1)24-23-15-17-8-9-21-19(13-17)10-12-25(21)16-18-5-4-11-22-14-18/h1-15,24H,16H2. The molecule has 25 heavy (non-hydrogen) atoms. The van der Waals surface area contributed by atoms with Crippen molar-refractivity contribution in [2.24, 2.45) is 5.10 Å². The third kappa shape index (κ3) is 3.58. The van der Waals surface area contributed by atoms with Gasteiger partial charge in [0.15, 0.2) is 0 Å². The Morgan fingerprint density at radius 3 is 2.76 bits per heavy atom. The number of benzene rings is 2. The highest BCUT2D eigenvalue weighted by atomic mass is 15.3. The number of hydrazone groups is 1. The molecule has 4 heteroatoms. The van der Waals surface area contributed by atoms with Crippen LogP contribution < -0.4 is 5.43 Å². The summed E-state index contributed by atoms with van der Waals surface area (Å²) in [4.78, 5) is 4.18. The maximum Gasteiger partial charge on any atom is 0.0561 e. The van der Waals surface area contributed by atoms with Gasteiger partial charge in [0, 0.05) is 36.0 Å². The van der Waals surface area contributed by atoms with Crippen molar-refractivity contribution in [1.82, 2.24) is 9.55 Å². The van der Waals surface area contributed by atoms with Gasteiger partial charge in [-0.2, -0.15) is 5.10 Å². The van der Waals surface area contributed by atoms with Crippen molar-refractivity contribution in [3.05, 3.63) is 96.4 Å². The first-order valence-electron chi connectivity index (χ1n) is 8.20. The van der Waals surface area contributed by atoms with Crippen molar-refractivity contribution in [2.75, 3.05) is 5.43 Å². The zero-order valence-electron chi connectivity index (χ0n) is 13.7. The molecule has 2 aromatic carbocycles. The molecule has 0 saturated heterocycles. The van der Waals surface area contributed by atoms with Gasteiger partial charge in [0.25, 0.3) is 0 Å². The molecule has 4 nitrogen and oxygen atoms in total. The molecule has 0 spiro atoms. The lowest BCUT2D eigenvalue weighted by atomic mass is 10.2. The van der Waals surface area contributed by atoms with E-state index in [0.717, 1.165) is 17.8 Å². The molecule has 0 bridgehead atoms. The Balaban J connectivity index is 1.51. The van der Waals surface area contributed by atoms with Crippen LogP contribution in [0.3, 0.4) is 0 Å². The molecule has 0 aliphatic rings. The summed E-state index contributed by atoms with van der Waals surface area (Å²) in [5.41, 5.74) is 7.47. The molecule has 2 heterocycles. The molecule has 0 aliphatic carbocycles. The van der Waals surface area contributed by atoms with Crippen LogP contribution in [0.5, 0.6) is 0 Å². The minimum atomic E-state index is 0.820. The van der Waals surface area contributed by atoms with Crippen molar-refractivity contribution in [3.8, 4) is 0 Å². The second-order valence-electron chi connectivity index (χ2n) is 5.86. The van der Waals surface area contributed by atoms with Crippen molar-refractivity contribution in [2.45, 2.75) is 6.54 Å². The Morgan fingerprint density at radius 2 is 1.92 bits per heavy atom. The Kier molecular flexibility index (Phi) is 4.25. The van der Waals surface area contributed by atoms with E-state index >= 15 is 0 Å². The maximum atomic E-state index is 4.30. The van der Waals surface area contributed by atoms with Gasteiger partial charge in [-0.3, -0.25) is 10.4 Å². The van der Waals surface area contributed by atoms with E-state index in [1.165, 1.54) is 16.5 Å². The van der Waals surface area contributed by atoms with E-state index in [1.54, 1.807) is 6.20 Å². The molecular formula is C21H18N4. The summed E-state index contributed by atoms with van der Waals surface area (Å²) in [5.74, 6) is 0. The highest BCUT2D eigenvalue weighted by Gasteiger charge is 2.02. The van der Waals surface area contributed by atoms with Crippen LogP contribution in [0.25, 0.3) is 10.9 Å². The zero-order valence-corrected chi connectivity index (χ0v) is 13.7. The number of fused-ring (bicyclic) bond motifs is 1. The average Bonchev–Trinajstić information content (AvgIpc) is 3.06. The summed E-state index contributed by atoms with van der Waals surface area (Å²) < 4.78 is 2.23. The fourth-order valence-electron chi connectivity index (χ4n) is 2.82. The van der Waals surface area contributed by atoms with Gasteiger partial charge < -0.3 is 4.57 Å². The maximum absolute atomic E-state index is 4.30. The van der Waals surface area contributed by atoms with Gasteiger partial charge in [0.2, 0.25) is 0 Å². The smallest absolute Gasteiger partial charge is 0.0561 e. The summed E-state index contributed by atoms with van der Waals surface area (Å²) in [5, 5.41) is 5.50. The topological polar surface area (TPSA) is 42.2 Å². The molecule has 0 amide bonds. The van der Waals surface area contributed by atoms with Crippen LogP contribution >= 0.6 is 0 Å². The number of nitrogens with one attached hydrogen (secondary N) is 1. The fourth-order valence-corrected chi connectivity index (χ4v) is 2.82. The largest absolute Gasteiger partial charge is 0.343 e. The molecular weight excluding hydrogens is 308 g/mol. The van der Waals surface area contributed by atoms with Crippen LogP contribution in [0.2, 0.25) is 0 Å². The quantitative estimate of drug-likeness (QED) is 0.432. The van der Waals surface area contributed by atoms with E-state index in [0.29, 0.717) is 0 Å². The minimum absolute atomic E-state index is 0.820. The van der Waals surface area contributed by atoms with Crippen LogP contribution in [-0.4, -0.2) is 15.8 Å². The van der Waals surface area contributed by atoms with Gasteiger partial charge >= 0.3 is 0 Å². The van der Waals surface area contributed by atoms with Crippen LogP contribution in [0.1, 0.15) is 11.1 Å². The van der Waals surface area contributed by atoms with E-state index in [1.807, 2.05) is 48.8 Å². The first-order chi connectivity index (χ1) is 12.4. The van der Waals surface area contributed by atoms with E-state index in [2.05, 4.69) is 56.6 Å². The number of rotatable bonds is 5. The van der Waals surface area contributed by atoms with Crippen LogP contribution in [-0.2, 0) is 6.54 Å². The predicted molar refractivity (Wildman–Crippen MR) is 103 cm³/mol. The number of para-hydroxylation sites is 1. The predicted octanol–water partition coefficient (Wildman–Crippen LogP) is 4.53. The Hall–Kier alpha value is -3.40. The minimum Gasteiger partial charge on any atom is -0.343 e. The molecule has 1 N–H and O–H groups in total. The lowest BCUT2D eigenvalue weighted by Gasteiger charge is -2.05. The lowest BCUT2D eigenvalue weighted by Crippen LogP contribution is -1.98. The summed E-state index contributed by atoms with van der Waals surface area (Å²) in [7, 11) is 0. The van der Waals surface area contributed by atoms with E-state index < -0.39 is 0 Å². The van der Waals surface area contributed by atoms with Crippen molar-refractivity contribution in [3.63, 3.8) is 0 Å². The van der Waals surface area contributed by atoms with Gasteiger partial charge in [-0.15, -0.1) is 0 Å². The summed E-state index contributed by atoms with van der Waals surface area (Å²) >= 11 is 0. The number of pyridine rings is 1. The number of aromatic nitrogens is 2. The highest BCUT2D eigenvalue weighted by molar-refractivity contribution is 5.89. The third-order valence-electron chi connectivity index (χ3n) is 4.05. The second-order valence-corrected chi connectivity index (χ2v) is 5.86. The average molecular weight is 326 g/mol. The first-order valence-corrected chi connectivity index (χ1v) is 8.20. The molecule has 0 radical (unpaired) electrons. The molecule has 122 valence electrons. The SMILES string of the molecule is C(=NNc1ccccc1)c1ccc2c(ccn2Cc2cccnc2)c1. The fraction of sp³-hybridized carbons (Fsp3) is 0.0476. The van der Waals surface area contributed by atoms with Crippen molar-refractivity contribution < 1.29 is 0 Å². The normalized spacial score (nSPS) is 11.2. The van der Waals surface area contributed by atoms with Gasteiger partial charge in [-0.25, -0.2) is 0 Å². The summed E-state index contributed by atoms with van der Waals surface area (Å²) in [6.45, 7) is 0.820. The molecule has 0 aliphatic heterocycles. The van der Waals surface area contributed by atoms with Gasteiger partial charge in [-0.1, -0.05) is 30.3 Å². The summed E-state index contributed by atoms with van der Waals surface area (Å²) in [6, 6.07) is 22.5. The highest BCUT2D eigenvalue weighted by Crippen LogP contribution is 2.18. The molecule has 4 rings (SSSR count). The molecule has 0 unspecified atom stereocenters. The zero-order chi connectivity index (χ0) is 16.9. The van der Waals surface area contributed by atoms with E-state index in [9.17, 15) is 0 Å². The van der Waals surface area contributed by atoms with Crippen molar-refractivity contribution in [1.29, 1.82) is 0 Å². The Labute approximate surface area is 146 Å². The number of nitrogens with zero attached hydrogens (tertiary/aromatic N) is 3. The third-order valence-corrected chi connectivity index (χ3v) is 4.05. The van der Waals surface area contributed by atoms with E-state index in [-0.39, 0.29) is 0 Å². The monoisotopic (exact) mass is 326 g/mol. The van der Waals surface area contributed by atoms with Crippen LogP contribution in [0, 0.1) is 0 Å². The Morgan fingerprint density at radius 1 is 1.00 bits per heavy atom. The van der Waals surface area contributed by atoms with Gasteiger partial charge in [0.05, 0.1) is 11.9 Å². The van der Waals surface area contributed by atoms with Crippen LogP contribution in [0.15, 0.2) is 90.4 Å². The Bertz CT molecular complexity index is 988. The van der Waals surface area contributed by atoms with Gasteiger partial charge in [-0.05, 0) is 47.5 Å². The number of hydrogen-bond acceptors (Lipinski definition) is 3. The number of hydrogen-bond donors (Lipinski definition) is 1. The van der Waals surface area contributed by atoms with Crippen LogP contribution in [0.4, 0.5) is 5.69 Å². The van der Waals surface area contributed by atoms with E-state index in [4.69, 9.17) is 0 Å². The molecule has 2 aromatic heterocycles. The molecule has 0 saturated carbocycles. The molecule has 0 atom stereocenters. The number of anilines is 1. The summed E-state index contributed by atoms with van der Waals surface area (Å²) in [6.07, 6.45) is 7.65. The lowest BCUT2D eigenvalue weighted by molar-refractivity contribution is 0.831. The molecule has 0 fully saturated rings. The van der Waals surface area contributed by atoms with Gasteiger partial charge in [0.1, 0.15) is 0 Å². The first kappa shape index (κ1) is 15.1. The molecule has 4 aromatic rings. The second kappa shape index (κ2) is 7.01. The van der Waals surface area contributed by atoms with Crippen molar-refractivity contribution >= 4 is 22.8 Å².